The van der Waals surface area contributed by atoms with E-state index in [1.54, 1.807) is 6.07 Å². The average Bonchev–Trinajstić information content (AvgIpc) is 3.31. The molecule has 0 aromatic heterocycles. The Morgan fingerprint density at radius 2 is 1.80 bits per heavy atom. The van der Waals surface area contributed by atoms with Crippen LogP contribution < -0.4 is 5.32 Å². The second-order valence-electron chi connectivity index (χ2n) is 6.77. The van der Waals surface area contributed by atoms with Crippen molar-refractivity contribution in [2.75, 3.05) is 0 Å². The van der Waals surface area contributed by atoms with Gasteiger partial charge in [-0.25, -0.2) is 0 Å². The highest BCUT2D eigenvalue weighted by molar-refractivity contribution is 6.06. The van der Waals surface area contributed by atoms with Gasteiger partial charge in [0, 0.05) is 13.0 Å². The molecule has 8 heteroatoms. The summed E-state index contributed by atoms with van der Waals surface area (Å²) in [6, 6.07) is 1.82. The summed E-state index contributed by atoms with van der Waals surface area (Å²) in [6.07, 6.45) is -2.75. The van der Waals surface area contributed by atoms with E-state index in [1.165, 1.54) is 0 Å². The summed E-state index contributed by atoms with van der Waals surface area (Å²) in [5.41, 5.74) is -0.372. The molecule has 0 spiro atoms. The van der Waals surface area contributed by atoms with E-state index in [0.29, 0.717) is 11.1 Å². The molecule has 1 aromatic carbocycles. The molecule has 1 aromatic rings. The first-order chi connectivity index (χ1) is 11.8. The predicted octanol–water partition coefficient (Wildman–Crippen LogP) is 2.34. The monoisotopic (exact) mass is 352 g/mol. The second-order valence-corrected chi connectivity index (χ2v) is 6.77. The van der Waals surface area contributed by atoms with Crippen molar-refractivity contribution in [3.05, 3.63) is 34.4 Å². The van der Waals surface area contributed by atoms with Crippen molar-refractivity contribution in [1.82, 2.24) is 10.2 Å². The molecule has 1 atom stereocenters. The van der Waals surface area contributed by atoms with Gasteiger partial charge in [0.1, 0.15) is 6.04 Å². The van der Waals surface area contributed by atoms with Gasteiger partial charge in [-0.2, -0.15) is 13.2 Å². The normalized spacial score (nSPS) is 23.7. The van der Waals surface area contributed by atoms with Gasteiger partial charge in [0.2, 0.25) is 11.8 Å². The van der Waals surface area contributed by atoms with Crippen LogP contribution in [0.3, 0.4) is 0 Å². The van der Waals surface area contributed by atoms with Gasteiger partial charge in [-0.1, -0.05) is 6.07 Å². The number of nitrogens with zero attached hydrogens (tertiary/aromatic N) is 1. The number of carbonyl (C=O) groups excluding carboxylic acids is 3. The number of nitrogens with one attached hydrogen (secondary N) is 1. The van der Waals surface area contributed by atoms with Crippen LogP contribution in [0, 0.1) is 0 Å². The smallest absolute Gasteiger partial charge is 0.322 e. The maximum Gasteiger partial charge on any atom is 0.417 e. The Morgan fingerprint density at radius 3 is 2.40 bits per heavy atom. The Labute approximate surface area is 141 Å². The highest BCUT2D eigenvalue weighted by Gasteiger charge is 2.45. The third-order valence-corrected chi connectivity index (χ3v) is 5.00. The lowest BCUT2D eigenvalue weighted by atomic mass is 9.97. The van der Waals surface area contributed by atoms with Crippen molar-refractivity contribution in [3.8, 4) is 0 Å². The molecule has 0 bridgehead atoms. The summed E-state index contributed by atoms with van der Waals surface area (Å²) in [5, 5.41) is 2.14. The van der Waals surface area contributed by atoms with E-state index in [0.717, 1.165) is 23.8 Å². The van der Waals surface area contributed by atoms with Gasteiger partial charge in [0.05, 0.1) is 11.1 Å². The van der Waals surface area contributed by atoms with Crippen molar-refractivity contribution < 1.29 is 27.6 Å². The second kappa shape index (κ2) is 5.31. The number of rotatable bonds is 2. The molecular weight excluding hydrogens is 337 g/mol. The van der Waals surface area contributed by atoms with Gasteiger partial charge in [0.25, 0.3) is 5.91 Å². The maximum atomic E-state index is 13.5. The van der Waals surface area contributed by atoms with Gasteiger partial charge >= 0.3 is 6.18 Å². The van der Waals surface area contributed by atoms with Crippen molar-refractivity contribution in [3.63, 3.8) is 0 Å². The van der Waals surface area contributed by atoms with Crippen molar-refractivity contribution in [2.24, 2.45) is 0 Å². The molecule has 0 radical (unpaired) electrons. The molecule has 2 aliphatic heterocycles. The zero-order valence-corrected chi connectivity index (χ0v) is 13.2. The first kappa shape index (κ1) is 16.1. The fourth-order valence-corrected chi connectivity index (χ4v) is 3.61. The number of piperidine rings is 1. The number of imide groups is 1. The first-order valence-electron chi connectivity index (χ1n) is 8.14. The van der Waals surface area contributed by atoms with Crippen LogP contribution in [-0.2, 0) is 22.3 Å². The number of benzene rings is 1. The third-order valence-electron chi connectivity index (χ3n) is 5.00. The number of amides is 3. The summed E-state index contributed by atoms with van der Waals surface area (Å²) in [6.45, 7) is -0.0376. The van der Waals surface area contributed by atoms with Crippen LogP contribution in [0.2, 0.25) is 0 Å². The molecule has 1 saturated carbocycles. The quantitative estimate of drug-likeness (QED) is 0.831. The lowest BCUT2D eigenvalue weighted by molar-refractivity contribution is -0.138. The lowest BCUT2D eigenvalue weighted by Crippen LogP contribution is -2.52. The van der Waals surface area contributed by atoms with E-state index in [1.807, 2.05) is 0 Å². The van der Waals surface area contributed by atoms with Gasteiger partial charge in [-0.05, 0) is 42.4 Å². The number of halogens is 3. The van der Waals surface area contributed by atoms with Gasteiger partial charge in [-0.3, -0.25) is 19.7 Å². The minimum Gasteiger partial charge on any atom is -0.322 e. The van der Waals surface area contributed by atoms with Gasteiger partial charge < -0.3 is 4.90 Å². The summed E-state index contributed by atoms with van der Waals surface area (Å²) < 4.78 is 40.4. The van der Waals surface area contributed by atoms with Gasteiger partial charge in [0.15, 0.2) is 0 Å². The molecule has 132 valence electrons. The van der Waals surface area contributed by atoms with Crippen LogP contribution in [0.25, 0.3) is 0 Å². The molecule has 4 rings (SSSR count). The molecule has 3 aliphatic rings. The maximum absolute atomic E-state index is 13.5. The minimum absolute atomic E-state index is 0.0376. The van der Waals surface area contributed by atoms with Crippen molar-refractivity contribution in [1.29, 1.82) is 0 Å². The Bertz CT molecular complexity index is 799. The topological polar surface area (TPSA) is 66.5 Å². The Morgan fingerprint density at radius 1 is 1.08 bits per heavy atom. The summed E-state index contributed by atoms with van der Waals surface area (Å²) in [7, 11) is 0. The van der Waals surface area contributed by atoms with Crippen LogP contribution in [0.15, 0.2) is 12.1 Å². The molecule has 3 amide bonds. The van der Waals surface area contributed by atoms with Crippen LogP contribution in [-0.4, -0.2) is 28.7 Å². The Balaban J connectivity index is 1.73. The molecule has 2 heterocycles. The zero-order valence-electron chi connectivity index (χ0n) is 13.2. The minimum atomic E-state index is -4.63. The lowest BCUT2D eigenvalue weighted by Gasteiger charge is -2.29. The van der Waals surface area contributed by atoms with Crippen LogP contribution in [0.5, 0.6) is 0 Å². The summed E-state index contributed by atoms with van der Waals surface area (Å²) >= 11 is 0. The average molecular weight is 352 g/mol. The van der Waals surface area contributed by atoms with E-state index < -0.39 is 35.5 Å². The number of fused-ring (bicyclic) bond motifs is 1. The first-order valence-corrected chi connectivity index (χ1v) is 8.14. The SMILES string of the molecule is O=C1CCC(N2Cc3cc(C4CC4)cc(C(F)(F)F)c3C2=O)C(=O)N1. The molecule has 1 unspecified atom stereocenters. The fraction of sp³-hybridized carbons (Fsp3) is 0.471. The standard InChI is InChI=1S/C17H15F3N2O3/c18-17(19,20)11-6-9(8-1-2-8)5-10-7-22(16(25)14(10)11)12-3-4-13(23)21-15(12)24/h5-6,8,12H,1-4,7H2,(H,21,23,24). The molecule has 5 nitrogen and oxygen atoms in total. The highest BCUT2D eigenvalue weighted by Crippen LogP contribution is 2.45. The molecule has 1 aliphatic carbocycles. The largest absolute Gasteiger partial charge is 0.417 e. The summed E-state index contributed by atoms with van der Waals surface area (Å²) in [4.78, 5) is 37.1. The number of hydrogen-bond acceptors (Lipinski definition) is 3. The number of carbonyl (C=O) groups is 3. The highest BCUT2D eigenvalue weighted by atomic mass is 19.4. The molecular formula is C17H15F3N2O3. The molecule has 1 N–H and O–H groups in total. The predicted molar refractivity (Wildman–Crippen MR) is 79.5 cm³/mol. The van der Waals surface area contributed by atoms with Crippen molar-refractivity contribution in [2.45, 2.75) is 50.4 Å². The third kappa shape index (κ3) is 2.69. The van der Waals surface area contributed by atoms with E-state index in [2.05, 4.69) is 5.32 Å². The van der Waals surface area contributed by atoms with E-state index in [9.17, 15) is 27.6 Å². The zero-order chi connectivity index (χ0) is 17.9. The van der Waals surface area contributed by atoms with Crippen LogP contribution in [0.1, 0.15) is 58.6 Å². The Hall–Kier alpha value is -2.38. The van der Waals surface area contributed by atoms with Crippen molar-refractivity contribution >= 4 is 17.7 Å². The van der Waals surface area contributed by atoms with Crippen LogP contribution in [0.4, 0.5) is 13.2 Å². The molecule has 25 heavy (non-hydrogen) atoms. The summed E-state index contributed by atoms with van der Waals surface area (Å²) in [5.74, 6) is -1.74. The van der Waals surface area contributed by atoms with E-state index in [4.69, 9.17) is 0 Å². The fourth-order valence-electron chi connectivity index (χ4n) is 3.61. The van der Waals surface area contributed by atoms with Gasteiger partial charge in [-0.15, -0.1) is 0 Å². The molecule has 1 saturated heterocycles. The number of hydrogen-bond donors (Lipinski definition) is 1. The van der Waals surface area contributed by atoms with E-state index >= 15 is 0 Å². The number of alkyl halides is 3. The van der Waals surface area contributed by atoms with E-state index in [-0.39, 0.29) is 30.9 Å². The van der Waals surface area contributed by atoms with Crippen LogP contribution >= 0.6 is 0 Å². The molecule has 2 fully saturated rings. The Kier molecular flexibility index (Phi) is 3.42.